The summed E-state index contributed by atoms with van der Waals surface area (Å²) in [4.78, 5) is 31.5. The largest absolute Gasteiger partial charge is 0.461 e. The van der Waals surface area contributed by atoms with Crippen LogP contribution in [0.1, 0.15) is 17.4 Å². The summed E-state index contributed by atoms with van der Waals surface area (Å²) in [5.74, 6) is -0.598. The van der Waals surface area contributed by atoms with E-state index in [0.717, 1.165) is 0 Å². The molecule has 0 aliphatic heterocycles. The van der Waals surface area contributed by atoms with Crippen LogP contribution >= 0.6 is 0 Å². The molecule has 0 amide bonds. The van der Waals surface area contributed by atoms with Crippen molar-refractivity contribution in [1.82, 2.24) is 9.88 Å². The van der Waals surface area contributed by atoms with Crippen molar-refractivity contribution in [3.05, 3.63) is 34.0 Å². The van der Waals surface area contributed by atoms with Gasteiger partial charge in [-0.3, -0.25) is 10.1 Å². The number of fused-ring (bicyclic) bond motifs is 1. The van der Waals surface area contributed by atoms with E-state index < -0.39 is 10.9 Å². The Balaban J connectivity index is 2.74. The molecule has 22 heavy (non-hydrogen) atoms. The SMILES string of the molecule is CCOC(=O)c1[nH]c2cccc([N+](=O)[O-])c2c1N=CN(C)C. The van der Waals surface area contributed by atoms with Crippen LogP contribution in [-0.2, 0) is 4.74 Å². The average Bonchev–Trinajstić information content (AvgIpc) is 2.83. The number of esters is 1. The van der Waals surface area contributed by atoms with Crippen molar-refractivity contribution in [2.75, 3.05) is 20.7 Å². The van der Waals surface area contributed by atoms with E-state index in [4.69, 9.17) is 4.74 Å². The summed E-state index contributed by atoms with van der Waals surface area (Å²) in [7, 11) is 3.52. The first-order valence-electron chi connectivity index (χ1n) is 6.62. The monoisotopic (exact) mass is 304 g/mol. The quantitative estimate of drug-likeness (QED) is 0.300. The fourth-order valence-corrected chi connectivity index (χ4v) is 2.02. The molecule has 1 aromatic heterocycles. The van der Waals surface area contributed by atoms with Gasteiger partial charge in [0.05, 0.1) is 23.4 Å². The third-order valence-electron chi connectivity index (χ3n) is 2.87. The zero-order chi connectivity index (χ0) is 16.3. The van der Waals surface area contributed by atoms with Crippen LogP contribution in [0.15, 0.2) is 23.2 Å². The Hall–Kier alpha value is -2.90. The van der Waals surface area contributed by atoms with Gasteiger partial charge in [-0.25, -0.2) is 9.79 Å². The molecule has 0 atom stereocenters. The first-order valence-corrected chi connectivity index (χ1v) is 6.62. The fraction of sp³-hybridized carbons (Fsp3) is 0.286. The van der Waals surface area contributed by atoms with Gasteiger partial charge in [0.25, 0.3) is 5.69 Å². The molecule has 2 rings (SSSR count). The van der Waals surface area contributed by atoms with Crippen molar-refractivity contribution in [3.63, 3.8) is 0 Å². The Morgan fingerprint density at radius 2 is 2.23 bits per heavy atom. The maximum Gasteiger partial charge on any atom is 0.357 e. The topological polar surface area (TPSA) is 101 Å². The van der Waals surface area contributed by atoms with Gasteiger partial charge >= 0.3 is 5.97 Å². The molecule has 0 fully saturated rings. The average molecular weight is 304 g/mol. The highest BCUT2D eigenvalue weighted by atomic mass is 16.6. The molecule has 0 aliphatic rings. The lowest BCUT2D eigenvalue weighted by Crippen LogP contribution is -2.08. The van der Waals surface area contributed by atoms with Crippen molar-refractivity contribution >= 4 is 34.6 Å². The molecule has 0 saturated carbocycles. The molecule has 0 spiro atoms. The van der Waals surface area contributed by atoms with Gasteiger partial charge < -0.3 is 14.6 Å². The number of carbonyl (C=O) groups is 1. The third kappa shape index (κ3) is 2.90. The number of ether oxygens (including phenoxy) is 1. The fourth-order valence-electron chi connectivity index (χ4n) is 2.02. The molecule has 0 aliphatic carbocycles. The Kier molecular flexibility index (Phi) is 4.40. The van der Waals surface area contributed by atoms with Gasteiger partial charge in [-0.15, -0.1) is 0 Å². The number of aromatic amines is 1. The Morgan fingerprint density at radius 3 is 2.82 bits per heavy atom. The Bertz CT molecular complexity index is 749. The molecule has 0 saturated heterocycles. The number of H-pyrrole nitrogens is 1. The molecule has 8 nitrogen and oxygen atoms in total. The lowest BCUT2D eigenvalue weighted by Gasteiger charge is -2.04. The summed E-state index contributed by atoms with van der Waals surface area (Å²) in [5.41, 5.74) is 0.650. The number of nitrogens with zero attached hydrogens (tertiary/aromatic N) is 3. The summed E-state index contributed by atoms with van der Waals surface area (Å²) >= 11 is 0. The highest BCUT2D eigenvalue weighted by molar-refractivity contribution is 6.09. The van der Waals surface area contributed by atoms with Gasteiger partial charge in [0.2, 0.25) is 0 Å². The summed E-state index contributed by atoms with van der Waals surface area (Å²) in [6.45, 7) is 1.89. The number of hydrogen-bond acceptors (Lipinski definition) is 5. The number of non-ortho nitro benzene ring substituents is 1. The van der Waals surface area contributed by atoms with E-state index in [-0.39, 0.29) is 29.1 Å². The molecular formula is C14H16N4O4. The van der Waals surface area contributed by atoms with E-state index in [9.17, 15) is 14.9 Å². The van der Waals surface area contributed by atoms with Crippen LogP contribution in [-0.4, -0.2) is 47.8 Å². The van der Waals surface area contributed by atoms with E-state index in [1.807, 2.05) is 0 Å². The summed E-state index contributed by atoms with van der Waals surface area (Å²) in [6, 6.07) is 4.57. The summed E-state index contributed by atoms with van der Waals surface area (Å²) < 4.78 is 4.98. The molecule has 1 N–H and O–H groups in total. The summed E-state index contributed by atoms with van der Waals surface area (Å²) in [5, 5.41) is 11.5. The van der Waals surface area contributed by atoms with Gasteiger partial charge in [-0.1, -0.05) is 6.07 Å². The molecule has 0 radical (unpaired) electrons. The van der Waals surface area contributed by atoms with Crippen LogP contribution in [0.25, 0.3) is 10.9 Å². The second kappa shape index (κ2) is 6.25. The van der Waals surface area contributed by atoms with Crippen molar-refractivity contribution < 1.29 is 14.5 Å². The van der Waals surface area contributed by atoms with Crippen LogP contribution in [0.4, 0.5) is 11.4 Å². The second-order valence-electron chi connectivity index (χ2n) is 4.73. The normalized spacial score (nSPS) is 11.0. The summed E-state index contributed by atoms with van der Waals surface area (Å²) in [6.07, 6.45) is 1.47. The van der Waals surface area contributed by atoms with Gasteiger partial charge in [-0.05, 0) is 13.0 Å². The smallest absolute Gasteiger partial charge is 0.357 e. The molecule has 2 aromatic rings. The molecule has 1 heterocycles. The van der Waals surface area contributed by atoms with Crippen molar-refractivity contribution in [1.29, 1.82) is 0 Å². The van der Waals surface area contributed by atoms with Crippen LogP contribution in [0.3, 0.4) is 0 Å². The number of hydrogen-bond donors (Lipinski definition) is 1. The van der Waals surface area contributed by atoms with E-state index in [2.05, 4.69) is 9.98 Å². The van der Waals surface area contributed by atoms with Gasteiger partial charge in [-0.2, -0.15) is 0 Å². The predicted molar refractivity (Wildman–Crippen MR) is 82.7 cm³/mol. The second-order valence-corrected chi connectivity index (χ2v) is 4.73. The number of nitrogens with one attached hydrogen (secondary N) is 1. The molecular weight excluding hydrogens is 288 g/mol. The van der Waals surface area contributed by atoms with Crippen molar-refractivity contribution in [2.45, 2.75) is 6.92 Å². The van der Waals surface area contributed by atoms with E-state index in [1.54, 1.807) is 38.1 Å². The number of carbonyl (C=O) groups excluding carboxylic acids is 1. The molecule has 8 heteroatoms. The van der Waals surface area contributed by atoms with Gasteiger partial charge in [0, 0.05) is 20.2 Å². The van der Waals surface area contributed by atoms with Crippen LogP contribution in [0, 0.1) is 10.1 Å². The van der Waals surface area contributed by atoms with Gasteiger partial charge in [0.15, 0.2) is 5.69 Å². The highest BCUT2D eigenvalue weighted by Gasteiger charge is 2.24. The molecule has 0 unspecified atom stereocenters. The zero-order valence-electron chi connectivity index (χ0n) is 12.5. The number of nitro benzene ring substituents is 1. The zero-order valence-corrected chi connectivity index (χ0v) is 12.5. The number of rotatable bonds is 5. The van der Waals surface area contributed by atoms with Crippen LogP contribution < -0.4 is 0 Å². The Morgan fingerprint density at radius 1 is 1.50 bits per heavy atom. The predicted octanol–water partition coefficient (Wildman–Crippen LogP) is 2.47. The standard InChI is InChI=1S/C14H16N4O4/c1-4-22-14(19)13-12(15-8-17(2)3)11-9(16-13)6-5-7-10(11)18(20)21/h5-8,16H,4H2,1-3H3. The lowest BCUT2D eigenvalue weighted by molar-refractivity contribution is -0.383. The van der Waals surface area contributed by atoms with Gasteiger partial charge in [0.1, 0.15) is 11.1 Å². The van der Waals surface area contributed by atoms with Crippen molar-refractivity contribution in [3.8, 4) is 0 Å². The Labute approximate surface area is 126 Å². The maximum atomic E-state index is 12.1. The first-order chi connectivity index (χ1) is 10.5. The highest BCUT2D eigenvalue weighted by Crippen LogP contribution is 2.37. The van der Waals surface area contributed by atoms with E-state index in [1.165, 1.54) is 12.4 Å². The minimum absolute atomic E-state index is 0.101. The minimum Gasteiger partial charge on any atom is -0.461 e. The number of aromatic nitrogens is 1. The van der Waals surface area contributed by atoms with E-state index in [0.29, 0.717) is 5.52 Å². The third-order valence-corrected chi connectivity index (χ3v) is 2.87. The van der Waals surface area contributed by atoms with Crippen LogP contribution in [0.5, 0.6) is 0 Å². The lowest BCUT2D eigenvalue weighted by atomic mass is 10.2. The number of nitro groups is 1. The molecule has 1 aromatic carbocycles. The number of aliphatic imine (C=N–C) groups is 1. The molecule has 116 valence electrons. The molecule has 0 bridgehead atoms. The number of benzene rings is 1. The van der Waals surface area contributed by atoms with E-state index >= 15 is 0 Å². The van der Waals surface area contributed by atoms with Crippen molar-refractivity contribution in [2.24, 2.45) is 4.99 Å². The van der Waals surface area contributed by atoms with Crippen LogP contribution in [0.2, 0.25) is 0 Å². The minimum atomic E-state index is -0.598. The first kappa shape index (κ1) is 15.5. The maximum absolute atomic E-state index is 12.1.